The minimum Gasteiger partial charge on any atom is -0.275 e. The second-order valence-corrected chi connectivity index (χ2v) is 5.05. The molecule has 7 heteroatoms. The van der Waals surface area contributed by atoms with E-state index in [0.717, 1.165) is 16.7 Å². The molecule has 2 aromatic rings. The van der Waals surface area contributed by atoms with Crippen LogP contribution in [-0.4, -0.2) is 44.7 Å². The summed E-state index contributed by atoms with van der Waals surface area (Å²) in [4.78, 5) is 16.6. The molecule has 20 heavy (non-hydrogen) atoms. The Kier molecular flexibility index (Phi) is 4.08. The molecule has 0 N–H and O–H groups in total. The first-order valence-electron chi connectivity index (χ1n) is 6.67. The van der Waals surface area contributed by atoms with Crippen LogP contribution < -0.4 is 0 Å². The summed E-state index contributed by atoms with van der Waals surface area (Å²) in [6.45, 7) is 6.64. The molecule has 0 unspecified atom stereocenters. The number of carbonyl (C=O) groups is 1. The van der Waals surface area contributed by atoms with Crippen molar-refractivity contribution >= 4 is 16.9 Å². The molecular weight excluding hydrogens is 258 g/mol. The first-order chi connectivity index (χ1) is 9.45. The van der Waals surface area contributed by atoms with Gasteiger partial charge in [-0.1, -0.05) is 0 Å². The highest BCUT2D eigenvalue weighted by atomic mass is 16.7. The number of aromatic nitrogens is 4. The lowest BCUT2D eigenvalue weighted by atomic mass is 10.3. The summed E-state index contributed by atoms with van der Waals surface area (Å²) in [6, 6.07) is 0.283. The predicted octanol–water partition coefficient (Wildman–Crippen LogP) is 1.53. The molecule has 0 aliphatic heterocycles. The van der Waals surface area contributed by atoms with E-state index in [1.807, 2.05) is 16.3 Å². The van der Waals surface area contributed by atoms with E-state index >= 15 is 0 Å². The van der Waals surface area contributed by atoms with Gasteiger partial charge in [-0.2, -0.15) is 10.2 Å². The third kappa shape index (κ3) is 2.53. The van der Waals surface area contributed by atoms with Crippen molar-refractivity contribution in [1.82, 2.24) is 24.6 Å². The van der Waals surface area contributed by atoms with Gasteiger partial charge in [-0.15, -0.1) is 0 Å². The van der Waals surface area contributed by atoms with Crippen molar-refractivity contribution in [3.63, 3.8) is 0 Å². The Bertz CT molecular complexity index is 614. The van der Waals surface area contributed by atoms with Crippen LogP contribution in [-0.2, 0) is 16.2 Å². The maximum absolute atomic E-state index is 11.7. The minimum atomic E-state index is -0.0787. The SMILES string of the molecule is CON(C)C(=O)CCn1ncc2c1c(C)nn2C(C)C. The van der Waals surface area contributed by atoms with Gasteiger partial charge in [0.25, 0.3) is 0 Å². The fraction of sp³-hybridized carbons (Fsp3) is 0.615. The van der Waals surface area contributed by atoms with Crippen LogP contribution in [0, 0.1) is 6.92 Å². The standard InChI is InChI=1S/C13H21N5O2/c1-9(2)18-11-8-14-17(13(11)10(3)15-18)7-6-12(19)16(4)20-5/h8-9H,6-7H2,1-5H3. The van der Waals surface area contributed by atoms with Crippen LogP contribution in [0.15, 0.2) is 6.20 Å². The molecule has 0 bridgehead atoms. The number of carbonyl (C=O) groups excluding carboxylic acids is 1. The molecule has 2 rings (SSSR count). The van der Waals surface area contributed by atoms with Gasteiger partial charge in [0, 0.05) is 19.5 Å². The van der Waals surface area contributed by atoms with Crippen LogP contribution in [0.5, 0.6) is 0 Å². The van der Waals surface area contributed by atoms with Crippen LogP contribution in [0.4, 0.5) is 0 Å². The van der Waals surface area contributed by atoms with E-state index in [-0.39, 0.29) is 11.9 Å². The van der Waals surface area contributed by atoms with Gasteiger partial charge >= 0.3 is 0 Å². The Balaban J connectivity index is 2.22. The predicted molar refractivity (Wildman–Crippen MR) is 75.0 cm³/mol. The number of aryl methyl sites for hydroxylation is 2. The van der Waals surface area contributed by atoms with Gasteiger partial charge < -0.3 is 0 Å². The number of amides is 1. The van der Waals surface area contributed by atoms with Crippen LogP contribution in [0.2, 0.25) is 0 Å². The number of hydrogen-bond acceptors (Lipinski definition) is 4. The Morgan fingerprint density at radius 1 is 1.50 bits per heavy atom. The van der Waals surface area contributed by atoms with Crippen molar-refractivity contribution in [2.24, 2.45) is 0 Å². The highest BCUT2D eigenvalue weighted by Gasteiger charge is 2.16. The third-order valence-electron chi connectivity index (χ3n) is 3.32. The van der Waals surface area contributed by atoms with Crippen molar-refractivity contribution in [2.45, 2.75) is 39.8 Å². The van der Waals surface area contributed by atoms with E-state index in [0.29, 0.717) is 13.0 Å². The molecule has 0 fully saturated rings. The molecule has 0 aliphatic rings. The van der Waals surface area contributed by atoms with E-state index in [2.05, 4.69) is 24.0 Å². The Labute approximate surface area is 118 Å². The number of fused-ring (bicyclic) bond motifs is 1. The monoisotopic (exact) mass is 279 g/mol. The number of hydroxylamine groups is 2. The molecular formula is C13H21N5O2. The average Bonchev–Trinajstić information content (AvgIpc) is 2.97. The minimum absolute atomic E-state index is 0.0787. The van der Waals surface area contributed by atoms with Crippen LogP contribution in [0.1, 0.15) is 32.0 Å². The van der Waals surface area contributed by atoms with Crippen LogP contribution in [0.25, 0.3) is 11.0 Å². The summed E-state index contributed by atoms with van der Waals surface area (Å²) in [5.74, 6) is -0.0787. The number of rotatable bonds is 5. The smallest absolute Gasteiger partial charge is 0.247 e. The summed E-state index contributed by atoms with van der Waals surface area (Å²) in [5, 5.41) is 10.1. The zero-order chi connectivity index (χ0) is 14.9. The van der Waals surface area contributed by atoms with Gasteiger partial charge in [0.1, 0.15) is 11.0 Å². The summed E-state index contributed by atoms with van der Waals surface area (Å²) in [5.41, 5.74) is 2.93. The second-order valence-electron chi connectivity index (χ2n) is 5.05. The first-order valence-corrected chi connectivity index (χ1v) is 6.67. The topological polar surface area (TPSA) is 65.2 Å². The molecule has 0 saturated heterocycles. The van der Waals surface area contributed by atoms with Gasteiger partial charge in [0.15, 0.2) is 0 Å². The zero-order valence-electron chi connectivity index (χ0n) is 12.6. The van der Waals surface area contributed by atoms with E-state index < -0.39 is 0 Å². The Morgan fingerprint density at radius 3 is 2.80 bits per heavy atom. The van der Waals surface area contributed by atoms with E-state index in [1.54, 1.807) is 13.2 Å². The molecule has 0 aliphatic carbocycles. The van der Waals surface area contributed by atoms with E-state index in [9.17, 15) is 4.79 Å². The van der Waals surface area contributed by atoms with Crippen LogP contribution >= 0.6 is 0 Å². The van der Waals surface area contributed by atoms with Crippen molar-refractivity contribution in [3.8, 4) is 0 Å². The van der Waals surface area contributed by atoms with Gasteiger partial charge in [0.2, 0.25) is 5.91 Å². The molecule has 0 radical (unpaired) electrons. The zero-order valence-corrected chi connectivity index (χ0v) is 12.6. The van der Waals surface area contributed by atoms with Crippen molar-refractivity contribution < 1.29 is 9.63 Å². The molecule has 2 heterocycles. The Hall–Kier alpha value is -1.89. The van der Waals surface area contributed by atoms with Gasteiger partial charge in [-0.3, -0.25) is 19.0 Å². The Morgan fingerprint density at radius 2 is 2.20 bits per heavy atom. The van der Waals surface area contributed by atoms with Crippen molar-refractivity contribution in [2.75, 3.05) is 14.2 Å². The number of hydrogen-bond donors (Lipinski definition) is 0. The van der Waals surface area contributed by atoms with E-state index in [1.165, 1.54) is 12.2 Å². The molecule has 1 amide bonds. The lowest BCUT2D eigenvalue weighted by molar-refractivity contribution is -0.168. The van der Waals surface area contributed by atoms with Crippen molar-refractivity contribution in [3.05, 3.63) is 11.9 Å². The summed E-state index contributed by atoms with van der Waals surface area (Å²) >= 11 is 0. The van der Waals surface area contributed by atoms with E-state index in [4.69, 9.17) is 4.84 Å². The molecule has 0 atom stereocenters. The lowest BCUT2D eigenvalue weighted by Gasteiger charge is -2.13. The third-order valence-corrected chi connectivity index (χ3v) is 3.32. The lowest BCUT2D eigenvalue weighted by Crippen LogP contribution is -2.26. The van der Waals surface area contributed by atoms with Gasteiger partial charge in [-0.25, -0.2) is 5.06 Å². The molecule has 2 aromatic heterocycles. The molecule has 7 nitrogen and oxygen atoms in total. The quantitative estimate of drug-likeness (QED) is 0.779. The molecule has 0 aromatic carbocycles. The fourth-order valence-electron chi connectivity index (χ4n) is 2.20. The molecule has 0 saturated carbocycles. The highest BCUT2D eigenvalue weighted by Crippen LogP contribution is 2.21. The number of nitrogens with zero attached hydrogens (tertiary/aromatic N) is 5. The summed E-state index contributed by atoms with van der Waals surface area (Å²) < 4.78 is 3.79. The summed E-state index contributed by atoms with van der Waals surface area (Å²) in [6.07, 6.45) is 2.15. The normalized spacial score (nSPS) is 11.5. The second kappa shape index (κ2) is 5.62. The van der Waals surface area contributed by atoms with Gasteiger partial charge in [-0.05, 0) is 20.8 Å². The molecule has 110 valence electrons. The average molecular weight is 279 g/mol. The molecule has 0 spiro atoms. The van der Waals surface area contributed by atoms with Crippen LogP contribution in [0.3, 0.4) is 0 Å². The first kappa shape index (κ1) is 14.5. The van der Waals surface area contributed by atoms with Gasteiger partial charge in [0.05, 0.1) is 25.5 Å². The highest BCUT2D eigenvalue weighted by molar-refractivity contribution is 5.78. The largest absolute Gasteiger partial charge is 0.275 e. The summed E-state index contributed by atoms with van der Waals surface area (Å²) in [7, 11) is 3.07. The van der Waals surface area contributed by atoms with Crippen molar-refractivity contribution in [1.29, 1.82) is 0 Å². The fourth-order valence-corrected chi connectivity index (χ4v) is 2.20. The maximum atomic E-state index is 11.7. The maximum Gasteiger partial charge on any atom is 0.247 e.